The Morgan fingerprint density at radius 1 is 0.917 bits per heavy atom. The molecule has 1 aromatic carbocycles. The zero-order valence-corrected chi connectivity index (χ0v) is 38.8. The molecule has 3 aliphatic rings. The third-order valence-corrected chi connectivity index (χ3v) is 13.7. The highest BCUT2D eigenvalue weighted by atomic mass is 16.7. The fourth-order valence-electron chi connectivity index (χ4n) is 10.1. The minimum atomic E-state index is -1.86. The molecule has 3 heterocycles. The van der Waals surface area contributed by atoms with Crippen LogP contribution in [0.5, 0.6) is 0 Å². The molecule has 18 atom stereocenters. The van der Waals surface area contributed by atoms with Gasteiger partial charge in [-0.05, 0) is 93.0 Å². The first-order valence-electron chi connectivity index (χ1n) is 21.8. The molecule has 0 unspecified atom stereocenters. The van der Waals surface area contributed by atoms with E-state index in [-0.39, 0.29) is 43.2 Å². The highest BCUT2D eigenvalue weighted by Gasteiger charge is 2.54. The van der Waals surface area contributed by atoms with E-state index in [1.807, 2.05) is 47.9 Å². The molecule has 60 heavy (non-hydrogen) atoms. The molecule has 0 bridgehead atoms. The minimum Gasteiger partial charge on any atom is -0.459 e. The van der Waals surface area contributed by atoms with Crippen molar-refractivity contribution in [1.29, 1.82) is 0 Å². The van der Waals surface area contributed by atoms with Gasteiger partial charge in [-0.15, -0.1) is 0 Å². The summed E-state index contributed by atoms with van der Waals surface area (Å²) in [5, 5.41) is 36.5. The number of benzene rings is 1. The summed E-state index contributed by atoms with van der Waals surface area (Å²) in [4.78, 5) is 34.5. The van der Waals surface area contributed by atoms with Crippen LogP contribution in [0.3, 0.4) is 0 Å². The predicted octanol–water partition coefficient (Wildman–Crippen LogP) is 5.43. The van der Waals surface area contributed by atoms with Gasteiger partial charge in [-0.2, -0.15) is 0 Å². The van der Waals surface area contributed by atoms with Gasteiger partial charge in [0.1, 0.15) is 17.3 Å². The number of aliphatic imine (C=N–C) groups is 1. The molecule has 14 nitrogen and oxygen atoms in total. The van der Waals surface area contributed by atoms with Crippen LogP contribution in [0.4, 0.5) is 0 Å². The van der Waals surface area contributed by atoms with Gasteiger partial charge in [-0.1, -0.05) is 52.8 Å². The Hall–Kier alpha value is -2.53. The van der Waals surface area contributed by atoms with Crippen LogP contribution < -0.4 is 0 Å². The Morgan fingerprint density at radius 2 is 1.55 bits per heavy atom. The minimum absolute atomic E-state index is 0.0950. The van der Waals surface area contributed by atoms with E-state index >= 15 is 0 Å². The third kappa shape index (κ3) is 11.0. The number of carbonyl (C=O) groups excluding carboxylic acids is 2. The van der Waals surface area contributed by atoms with Gasteiger partial charge in [-0.3, -0.25) is 9.79 Å². The molecule has 0 aliphatic carbocycles. The normalized spacial score (nSPS) is 44.5. The number of methoxy groups -OCH3 is 1. The van der Waals surface area contributed by atoms with Crippen LogP contribution in [0.15, 0.2) is 35.3 Å². The maximum Gasteiger partial charge on any atom is 0.338 e. The van der Waals surface area contributed by atoms with E-state index in [0.717, 1.165) is 6.42 Å². The fraction of sp³-hybridized carbons (Fsp3) is 0.804. The Morgan fingerprint density at radius 3 is 2.12 bits per heavy atom. The van der Waals surface area contributed by atoms with Crippen molar-refractivity contribution in [2.24, 2.45) is 34.6 Å². The Kier molecular flexibility index (Phi) is 17.0. The highest BCUT2D eigenvalue weighted by Crippen LogP contribution is 2.42. The molecular formula is C46H76N2O12. The summed E-state index contributed by atoms with van der Waals surface area (Å²) < 4.78 is 45.1. The van der Waals surface area contributed by atoms with Crippen LogP contribution in [0.25, 0.3) is 0 Å². The van der Waals surface area contributed by atoms with E-state index < -0.39 is 95.7 Å². The number of hydrogen-bond donors (Lipinski definition) is 3. The summed E-state index contributed by atoms with van der Waals surface area (Å²) in [6.45, 7) is 19.9. The second-order valence-electron chi connectivity index (χ2n) is 18.8. The van der Waals surface area contributed by atoms with Crippen molar-refractivity contribution in [1.82, 2.24) is 4.90 Å². The molecule has 3 fully saturated rings. The molecule has 1 aromatic rings. The lowest BCUT2D eigenvalue weighted by Crippen LogP contribution is -2.61. The standard InChI is InChI=1S/C46H76N2O12/c1-16-34-46(11,53)38(49)28(5)36(47-12)25(2)23-44(9,52)39(60-43-27(4)33(48(13)14)22-26(3)55-43)29(6)37(30(7)41(50)57-34)58-35-24-45(10,54-15)40(31(8)56-35)59-42(51)32-20-18-17-19-21-32/h17-21,25-31,33-35,37-40,43,49,52-53H,16,22-24H2,1-15H3/t25-,26-,27-,28+,29+,30-,31+,33+,34-,35+,37+,38-,39-,40+,43+,44-,45-,46-/m1/s1. The molecule has 3 saturated heterocycles. The summed E-state index contributed by atoms with van der Waals surface area (Å²) in [5.41, 5.74) is -3.54. The molecule has 14 heteroatoms. The second-order valence-corrected chi connectivity index (χ2v) is 18.8. The van der Waals surface area contributed by atoms with Crippen molar-refractivity contribution in [2.75, 3.05) is 28.3 Å². The van der Waals surface area contributed by atoms with Gasteiger partial charge in [0, 0.05) is 50.1 Å². The van der Waals surface area contributed by atoms with Gasteiger partial charge in [0.15, 0.2) is 18.7 Å². The van der Waals surface area contributed by atoms with Gasteiger partial charge in [0.25, 0.3) is 0 Å². The topological polar surface area (TPSA) is 175 Å². The van der Waals surface area contributed by atoms with Crippen LogP contribution in [-0.4, -0.2) is 144 Å². The van der Waals surface area contributed by atoms with E-state index in [9.17, 15) is 24.9 Å². The number of nitrogens with zero attached hydrogens (tertiary/aromatic N) is 2. The maximum atomic E-state index is 14.5. The zero-order chi connectivity index (χ0) is 45.1. The highest BCUT2D eigenvalue weighted by molar-refractivity contribution is 5.90. The summed E-state index contributed by atoms with van der Waals surface area (Å²) in [7, 11) is 7.24. The number of aliphatic hydroxyl groups is 3. The zero-order valence-electron chi connectivity index (χ0n) is 38.8. The number of ether oxygens (including phenoxy) is 7. The van der Waals surface area contributed by atoms with E-state index in [4.69, 9.17) is 33.2 Å². The van der Waals surface area contributed by atoms with Gasteiger partial charge < -0.3 is 53.4 Å². The average molecular weight is 849 g/mol. The van der Waals surface area contributed by atoms with E-state index in [1.54, 1.807) is 65.9 Å². The van der Waals surface area contributed by atoms with Crippen molar-refractivity contribution in [3.63, 3.8) is 0 Å². The lowest BCUT2D eigenvalue weighted by molar-refractivity contribution is -0.312. The van der Waals surface area contributed by atoms with E-state index in [0.29, 0.717) is 11.3 Å². The quantitative estimate of drug-likeness (QED) is 0.269. The van der Waals surface area contributed by atoms with Gasteiger partial charge >= 0.3 is 11.9 Å². The Bertz CT molecular complexity index is 1590. The Labute approximate surface area is 358 Å². The number of hydrogen-bond acceptors (Lipinski definition) is 14. The summed E-state index contributed by atoms with van der Waals surface area (Å²) in [5.74, 6) is -4.05. The van der Waals surface area contributed by atoms with Gasteiger partial charge in [0.05, 0.1) is 47.6 Å². The summed E-state index contributed by atoms with van der Waals surface area (Å²) in [6, 6.07) is 8.82. The summed E-state index contributed by atoms with van der Waals surface area (Å²) >= 11 is 0. The SMILES string of the molecule is CC[C@H]1OC(=O)[C@H](C)[C@@H](O[C@H]2C[C@@](C)(OC)[C@@H](OC(=O)c3ccccc3)[C@H](C)O2)[C@H](C)[C@@H](O[C@@H]2O[C@H](C)C[C@H](N(C)C)[C@H]2C)[C@](C)(O)C[C@@H](C)C(=NC)[C@H](C)[C@@H](O)[C@]1(C)O. The molecule has 0 saturated carbocycles. The van der Waals surface area contributed by atoms with E-state index in [1.165, 1.54) is 14.0 Å². The van der Waals surface area contributed by atoms with Crippen LogP contribution >= 0.6 is 0 Å². The lowest BCUT2D eigenvalue weighted by Gasteiger charge is -2.50. The van der Waals surface area contributed by atoms with Crippen molar-refractivity contribution in [3.05, 3.63) is 35.9 Å². The van der Waals surface area contributed by atoms with Gasteiger partial charge in [0.2, 0.25) is 0 Å². The van der Waals surface area contributed by atoms with Crippen molar-refractivity contribution in [3.8, 4) is 0 Å². The molecular weight excluding hydrogens is 773 g/mol. The van der Waals surface area contributed by atoms with Crippen LogP contribution in [-0.2, 0) is 38.0 Å². The first kappa shape index (κ1) is 50.1. The second kappa shape index (κ2) is 20.3. The van der Waals surface area contributed by atoms with Crippen molar-refractivity contribution in [2.45, 2.75) is 180 Å². The maximum absolute atomic E-state index is 14.5. The molecule has 4 rings (SSSR count). The third-order valence-electron chi connectivity index (χ3n) is 13.7. The number of carbonyl (C=O) groups is 2. The largest absolute Gasteiger partial charge is 0.459 e. The van der Waals surface area contributed by atoms with Crippen LogP contribution in [0.2, 0.25) is 0 Å². The number of esters is 2. The van der Waals surface area contributed by atoms with Crippen LogP contribution in [0.1, 0.15) is 112 Å². The molecule has 3 N–H and O–H groups in total. The average Bonchev–Trinajstić information content (AvgIpc) is 3.19. The molecule has 0 aromatic heterocycles. The molecule has 3 aliphatic heterocycles. The number of aliphatic hydroxyl groups excluding tert-OH is 1. The van der Waals surface area contributed by atoms with Crippen molar-refractivity contribution < 1.29 is 58.1 Å². The molecule has 0 spiro atoms. The fourth-order valence-corrected chi connectivity index (χ4v) is 10.1. The van der Waals surface area contributed by atoms with Crippen molar-refractivity contribution >= 4 is 17.7 Å². The van der Waals surface area contributed by atoms with Crippen LogP contribution in [0, 0.1) is 29.6 Å². The molecule has 0 amide bonds. The first-order chi connectivity index (χ1) is 27.9. The smallest absolute Gasteiger partial charge is 0.338 e. The Balaban J connectivity index is 1.81. The monoisotopic (exact) mass is 849 g/mol. The molecule has 0 radical (unpaired) electrons. The number of rotatable bonds is 9. The van der Waals surface area contributed by atoms with Gasteiger partial charge in [-0.25, -0.2) is 4.79 Å². The first-order valence-corrected chi connectivity index (χ1v) is 21.8. The predicted molar refractivity (Wildman–Crippen MR) is 227 cm³/mol. The number of cyclic esters (lactones) is 1. The molecule has 342 valence electrons. The van der Waals surface area contributed by atoms with E-state index in [2.05, 4.69) is 16.8 Å². The lowest BCUT2D eigenvalue weighted by atomic mass is 9.73. The summed E-state index contributed by atoms with van der Waals surface area (Å²) in [6.07, 6.45) is -6.53.